The Morgan fingerprint density at radius 1 is 1.16 bits per heavy atom. The molecule has 0 spiro atoms. The molecule has 0 fully saturated rings. The van der Waals surface area contributed by atoms with Crippen molar-refractivity contribution in [2.24, 2.45) is 0 Å². The van der Waals surface area contributed by atoms with Crippen LogP contribution in [0.25, 0.3) is 0 Å². The third kappa shape index (κ3) is 2.94. The average molecular weight is 283 g/mol. The van der Waals surface area contributed by atoms with E-state index in [1.807, 2.05) is 50.3 Å². The van der Waals surface area contributed by atoms with Gasteiger partial charge in [-0.3, -0.25) is 0 Å². The number of alkyl halides is 1. The van der Waals surface area contributed by atoms with E-state index < -0.39 is 11.4 Å². The number of halogens is 1. The largest absolute Gasteiger partial charge is 0.446 e. The van der Waals surface area contributed by atoms with Crippen molar-refractivity contribution in [2.45, 2.75) is 31.1 Å². The van der Waals surface area contributed by atoms with Crippen LogP contribution >= 0.6 is 11.6 Å². The van der Waals surface area contributed by atoms with Crippen molar-refractivity contribution in [1.82, 2.24) is 0 Å². The zero-order valence-corrected chi connectivity index (χ0v) is 12.0. The van der Waals surface area contributed by atoms with Gasteiger partial charge in [-0.15, -0.1) is 11.6 Å². The average Bonchev–Trinajstić information content (AvgIpc) is 2.43. The van der Waals surface area contributed by atoms with Gasteiger partial charge in [0.15, 0.2) is 0 Å². The molecule has 2 rings (SSSR count). The Kier molecular flexibility index (Phi) is 4.86. The van der Waals surface area contributed by atoms with E-state index in [1.54, 1.807) is 6.26 Å². The van der Waals surface area contributed by atoms with Crippen molar-refractivity contribution < 1.29 is 14.2 Å². The fraction of sp³-hybridized carbons (Fsp3) is 0.467. The highest BCUT2D eigenvalue weighted by atomic mass is 35.5. The minimum Gasteiger partial charge on any atom is -0.446 e. The Balaban J connectivity index is 2.28. The van der Waals surface area contributed by atoms with Gasteiger partial charge in [-0.2, -0.15) is 0 Å². The number of benzene rings is 1. The van der Waals surface area contributed by atoms with Gasteiger partial charge in [0, 0.05) is 5.92 Å². The lowest BCUT2D eigenvalue weighted by molar-refractivity contribution is -0.363. The summed E-state index contributed by atoms with van der Waals surface area (Å²) < 4.78 is 16.8. The molecule has 0 saturated carbocycles. The van der Waals surface area contributed by atoms with Crippen LogP contribution in [0.1, 0.15) is 25.3 Å². The summed E-state index contributed by atoms with van der Waals surface area (Å²) in [6, 6.07) is 10.0. The predicted octanol–water partition coefficient (Wildman–Crippen LogP) is 3.65. The van der Waals surface area contributed by atoms with Gasteiger partial charge < -0.3 is 14.2 Å². The van der Waals surface area contributed by atoms with E-state index in [0.29, 0.717) is 13.2 Å². The van der Waals surface area contributed by atoms with E-state index in [9.17, 15) is 0 Å². The number of allylic oxidation sites excluding steroid dienone is 1. The summed E-state index contributed by atoms with van der Waals surface area (Å²) in [4.78, 5) is 0. The van der Waals surface area contributed by atoms with Gasteiger partial charge in [-0.25, -0.2) is 0 Å². The second-order valence-electron chi connectivity index (χ2n) is 4.25. The first-order chi connectivity index (χ1) is 9.23. The van der Waals surface area contributed by atoms with Crippen LogP contribution in [0, 0.1) is 0 Å². The lowest BCUT2D eigenvalue weighted by atomic mass is 9.93. The van der Waals surface area contributed by atoms with Crippen LogP contribution in [0.15, 0.2) is 42.7 Å². The molecule has 0 saturated heterocycles. The van der Waals surface area contributed by atoms with Gasteiger partial charge in [0.25, 0.3) is 0 Å². The Morgan fingerprint density at radius 2 is 1.79 bits per heavy atom. The topological polar surface area (TPSA) is 27.7 Å². The molecule has 0 aliphatic carbocycles. The minimum absolute atomic E-state index is 0.00489. The third-order valence-corrected chi connectivity index (χ3v) is 3.59. The maximum absolute atomic E-state index is 6.57. The van der Waals surface area contributed by atoms with Crippen LogP contribution in [0.5, 0.6) is 0 Å². The zero-order chi connectivity index (χ0) is 13.7. The lowest BCUT2D eigenvalue weighted by Gasteiger charge is -2.40. The molecule has 1 aromatic carbocycles. The Labute approximate surface area is 119 Å². The van der Waals surface area contributed by atoms with Crippen molar-refractivity contribution in [3.8, 4) is 0 Å². The summed E-state index contributed by atoms with van der Waals surface area (Å²) in [5.74, 6) is -1.21. The lowest BCUT2D eigenvalue weighted by Crippen LogP contribution is -2.50. The number of hydrogen-bond donors (Lipinski definition) is 0. The summed E-state index contributed by atoms with van der Waals surface area (Å²) in [7, 11) is 0. The summed E-state index contributed by atoms with van der Waals surface area (Å²) in [5, 5.41) is -0.445. The molecule has 1 heterocycles. The van der Waals surface area contributed by atoms with E-state index in [2.05, 4.69) is 0 Å². The first-order valence-corrected chi connectivity index (χ1v) is 6.98. The van der Waals surface area contributed by atoms with Gasteiger partial charge in [-0.05, 0) is 25.5 Å². The van der Waals surface area contributed by atoms with Crippen molar-refractivity contribution in [3.05, 3.63) is 48.2 Å². The second-order valence-corrected chi connectivity index (χ2v) is 4.72. The van der Waals surface area contributed by atoms with Crippen molar-refractivity contribution in [3.63, 3.8) is 0 Å². The van der Waals surface area contributed by atoms with Gasteiger partial charge in [0.2, 0.25) is 0 Å². The fourth-order valence-electron chi connectivity index (χ4n) is 2.23. The van der Waals surface area contributed by atoms with Crippen LogP contribution in [0.4, 0.5) is 0 Å². The maximum atomic E-state index is 6.57. The van der Waals surface area contributed by atoms with E-state index >= 15 is 0 Å². The van der Waals surface area contributed by atoms with Gasteiger partial charge in [-0.1, -0.05) is 30.3 Å². The molecule has 2 atom stereocenters. The molecular weight excluding hydrogens is 264 g/mol. The Hall–Kier alpha value is -1.03. The molecule has 0 unspecified atom stereocenters. The van der Waals surface area contributed by atoms with Crippen LogP contribution < -0.4 is 0 Å². The Morgan fingerprint density at radius 3 is 2.37 bits per heavy atom. The van der Waals surface area contributed by atoms with Gasteiger partial charge in [0.1, 0.15) is 5.38 Å². The van der Waals surface area contributed by atoms with Gasteiger partial charge in [0.05, 0.1) is 19.5 Å². The highest BCUT2D eigenvalue weighted by Gasteiger charge is 2.48. The molecule has 0 amide bonds. The molecule has 1 aromatic rings. The fourth-order valence-corrected chi connectivity index (χ4v) is 2.63. The van der Waals surface area contributed by atoms with Crippen molar-refractivity contribution in [1.29, 1.82) is 0 Å². The molecule has 19 heavy (non-hydrogen) atoms. The SMILES string of the molecule is CCOC1(OCC)OC=C[C@H](c2ccccc2)[C@H]1Cl. The van der Waals surface area contributed by atoms with Crippen molar-refractivity contribution in [2.75, 3.05) is 13.2 Å². The molecule has 0 aromatic heterocycles. The number of hydrogen-bond acceptors (Lipinski definition) is 3. The molecule has 0 bridgehead atoms. The van der Waals surface area contributed by atoms with Crippen LogP contribution in [-0.2, 0) is 14.2 Å². The summed E-state index contributed by atoms with van der Waals surface area (Å²) in [6.45, 7) is 4.73. The van der Waals surface area contributed by atoms with E-state index in [1.165, 1.54) is 0 Å². The molecule has 0 radical (unpaired) electrons. The van der Waals surface area contributed by atoms with Crippen LogP contribution in [-0.4, -0.2) is 24.6 Å². The first-order valence-electron chi connectivity index (χ1n) is 6.55. The second kappa shape index (κ2) is 6.42. The summed E-state index contributed by atoms with van der Waals surface area (Å²) in [5.41, 5.74) is 1.12. The minimum atomic E-state index is -1.21. The highest BCUT2D eigenvalue weighted by molar-refractivity contribution is 6.22. The van der Waals surface area contributed by atoms with E-state index in [0.717, 1.165) is 5.56 Å². The third-order valence-electron chi connectivity index (χ3n) is 3.05. The van der Waals surface area contributed by atoms with Gasteiger partial charge >= 0.3 is 5.97 Å². The highest BCUT2D eigenvalue weighted by Crippen LogP contribution is 2.39. The standard InChI is InChI=1S/C15H19ClO3/c1-3-17-15(18-4-2)14(16)13(10-11-19-15)12-8-6-5-7-9-12/h5-11,13-14H,3-4H2,1-2H3/t13-,14-/m1/s1. The molecule has 3 nitrogen and oxygen atoms in total. The van der Waals surface area contributed by atoms with E-state index in [4.69, 9.17) is 25.8 Å². The normalized spacial score (nSPS) is 25.0. The number of ether oxygens (including phenoxy) is 3. The molecule has 4 heteroatoms. The quantitative estimate of drug-likeness (QED) is 0.609. The monoisotopic (exact) mass is 282 g/mol. The van der Waals surface area contributed by atoms with Crippen LogP contribution in [0.3, 0.4) is 0 Å². The molecule has 0 N–H and O–H groups in total. The summed E-state index contributed by atoms with van der Waals surface area (Å²) in [6.07, 6.45) is 3.55. The molecule has 1 aliphatic rings. The maximum Gasteiger partial charge on any atom is 0.344 e. The summed E-state index contributed by atoms with van der Waals surface area (Å²) >= 11 is 6.57. The van der Waals surface area contributed by atoms with Crippen LogP contribution in [0.2, 0.25) is 0 Å². The molecule has 1 aliphatic heterocycles. The Bertz CT molecular complexity index is 413. The smallest absolute Gasteiger partial charge is 0.344 e. The molecule has 104 valence electrons. The van der Waals surface area contributed by atoms with Crippen molar-refractivity contribution >= 4 is 11.6 Å². The first kappa shape index (κ1) is 14.4. The van der Waals surface area contributed by atoms with E-state index in [-0.39, 0.29) is 5.92 Å². The zero-order valence-electron chi connectivity index (χ0n) is 11.2. The predicted molar refractivity (Wildman–Crippen MR) is 75.0 cm³/mol. The number of rotatable bonds is 5. The molecular formula is C15H19ClO3.